The zero-order valence-corrected chi connectivity index (χ0v) is 12.1. The number of amides is 1. The minimum absolute atomic E-state index is 0.291. The summed E-state index contributed by atoms with van der Waals surface area (Å²) in [6, 6.07) is 6.38. The number of carbonyl (C=O) groups is 1. The van der Waals surface area contributed by atoms with Gasteiger partial charge in [-0.25, -0.2) is 9.18 Å². The Bertz CT molecular complexity index is 555. The molecule has 0 atom stereocenters. The van der Waals surface area contributed by atoms with E-state index in [0.29, 0.717) is 18.1 Å². The maximum absolute atomic E-state index is 13.8. The van der Waals surface area contributed by atoms with Crippen LogP contribution in [0.15, 0.2) is 29.4 Å². The van der Waals surface area contributed by atoms with Crippen molar-refractivity contribution in [1.29, 1.82) is 0 Å². The van der Waals surface area contributed by atoms with E-state index in [2.05, 4.69) is 5.10 Å². The molecule has 108 valence electrons. The first-order valence-corrected chi connectivity index (χ1v) is 6.31. The lowest BCUT2D eigenvalue weighted by molar-refractivity contribution is 0.163. The van der Waals surface area contributed by atoms with Crippen molar-refractivity contribution >= 4 is 17.7 Å². The van der Waals surface area contributed by atoms with Crippen molar-refractivity contribution in [3.63, 3.8) is 0 Å². The third-order valence-electron chi connectivity index (χ3n) is 3.02. The molecule has 1 aromatic rings. The zero-order chi connectivity index (χ0) is 14.9. The van der Waals surface area contributed by atoms with Gasteiger partial charge in [-0.15, -0.1) is 5.10 Å². The van der Waals surface area contributed by atoms with Crippen LogP contribution >= 0.6 is 0 Å². The second-order valence-corrected chi connectivity index (χ2v) is 5.56. The number of hydrazone groups is 1. The predicted molar refractivity (Wildman–Crippen MR) is 75.1 cm³/mol. The molecule has 0 spiro atoms. The number of carbonyl (C=O) groups excluding carboxylic acids is 1. The Morgan fingerprint density at radius 1 is 1.40 bits per heavy atom. The zero-order valence-electron chi connectivity index (χ0n) is 12.1. The van der Waals surface area contributed by atoms with Gasteiger partial charge in [-0.05, 0) is 26.0 Å². The molecule has 1 aliphatic rings. The second kappa shape index (κ2) is 5.11. The Labute approximate surface area is 117 Å². The van der Waals surface area contributed by atoms with Crippen LogP contribution in [0.2, 0.25) is 0 Å². The number of anilines is 1. The van der Waals surface area contributed by atoms with Crippen LogP contribution in [-0.4, -0.2) is 37.5 Å². The largest absolute Gasteiger partial charge is 0.415 e. The number of rotatable bonds is 1. The summed E-state index contributed by atoms with van der Waals surface area (Å²) < 4.78 is 19.0. The van der Waals surface area contributed by atoms with E-state index in [-0.39, 0.29) is 5.82 Å². The quantitative estimate of drug-likeness (QED) is 0.794. The van der Waals surface area contributed by atoms with Gasteiger partial charge in [-0.2, -0.15) is 0 Å². The number of ether oxygens (including phenoxy) is 1. The molecule has 1 heterocycles. The van der Waals surface area contributed by atoms with Crippen LogP contribution in [0.25, 0.3) is 0 Å². The molecule has 1 amide bonds. The van der Waals surface area contributed by atoms with Crippen LogP contribution in [0, 0.1) is 11.2 Å². The molecule has 1 aliphatic heterocycles. The normalized spacial score (nSPS) is 16.9. The lowest BCUT2D eigenvalue weighted by Crippen LogP contribution is -2.33. The van der Waals surface area contributed by atoms with Crippen molar-refractivity contribution in [1.82, 2.24) is 4.90 Å². The summed E-state index contributed by atoms with van der Waals surface area (Å²) in [6.07, 6.45) is -0.493. The summed E-state index contributed by atoms with van der Waals surface area (Å²) in [5.74, 6) is -0.0633. The fourth-order valence-corrected chi connectivity index (χ4v) is 1.86. The number of hydrogen-bond donors (Lipinski definition) is 0. The molecule has 6 heteroatoms. The molecule has 0 radical (unpaired) electrons. The first-order valence-electron chi connectivity index (χ1n) is 6.31. The van der Waals surface area contributed by atoms with Gasteiger partial charge in [-0.1, -0.05) is 12.1 Å². The summed E-state index contributed by atoms with van der Waals surface area (Å²) in [7, 11) is 3.19. The summed E-state index contributed by atoms with van der Waals surface area (Å²) in [5.41, 5.74) is -0.0926. The summed E-state index contributed by atoms with van der Waals surface area (Å²) in [6.45, 7) is 4.25. The molecular formula is C14H18FN3O2. The van der Waals surface area contributed by atoms with Crippen molar-refractivity contribution in [2.75, 3.05) is 25.6 Å². The summed E-state index contributed by atoms with van der Waals surface area (Å²) in [4.78, 5) is 13.0. The number of nitrogens with zero attached hydrogens (tertiary/aromatic N) is 3. The molecule has 0 saturated heterocycles. The van der Waals surface area contributed by atoms with E-state index in [9.17, 15) is 9.18 Å². The van der Waals surface area contributed by atoms with E-state index in [0.717, 1.165) is 0 Å². The van der Waals surface area contributed by atoms with Crippen molar-refractivity contribution < 1.29 is 13.9 Å². The molecule has 0 saturated carbocycles. The van der Waals surface area contributed by atoms with Gasteiger partial charge in [0.15, 0.2) is 0 Å². The lowest BCUT2D eigenvalue weighted by atomic mass is 9.94. The standard InChI is InChI=1S/C14H18FN3O2/c1-14(2)9-18(11-8-6-5-7-10(11)15)16-12(14)20-13(19)17(3)4/h5-8H,9H2,1-4H3. The molecule has 5 nitrogen and oxygen atoms in total. The predicted octanol–water partition coefficient (Wildman–Crippen LogP) is 2.68. The van der Waals surface area contributed by atoms with E-state index >= 15 is 0 Å². The molecule has 0 bridgehead atoms. The fourth-order valence-electron chi connectivity index (χ4n) is 1.86. The van der Waals surface area contributed by atoms with Crippen LogP contribution in [0.3, 0.4) is 0 Å². The number of halogens is 1. The Morgan fingerprint density at radius 2 is 2.05 bits per heavy atom. The van der Waals surface area contributed by atoms with Crippen molar-refractivity contribution in [3.8, 4) is 0 Å². The molecule has 0 fully saturated rings. The van der Waals surface area contributed by atoms with Crippen molar-refractivity contribution in [3.05, 3.63) is 30.1 Å². The van der Waals surface area contributed by atoms with Gasteiger partial charge in [0, 0.05) is 14.1 Å². The lowest BCUT2D eigenvalue weighted by Gasteiger charge is -2.21. The third-order valence-corrected chi connectivity index (χ3v) is 3.02. The van der Waals surface area contributed by atoms with Crippen LogP contribution in [0.4, 0.5) is 14.9 Å². The summed E-state index contributed by atoms with van der Waals surface area (Å²) >= 11 is 0. The van der Waals surface area contributed by atoms with Gasteiger partial charge in [0.05, 0.1) is 17.6 Å². The van der Waals surface area contributed by atoms with Gasteiger partial charge in [0.1, 0.15) is 5.82 Å². The van der Waals surface area contributed by atoms with Crippen LogP contribution in [-0.2, 0) is 4.74 Å². The van der Waals surface area contributed by atoms with E-state index in [1.165, 1.54) is 16.0 Å². The summed E-state index contributed by atoms with van der Waals surface area (Å²) in [5, 5.41) is 5.76. The molecule has 1 aromatic carbocycles. The SMILES string of the molecule is CN(C)C(=O)OC1=NN(c2ccccc2F)CC1(C)C. The highest BCUT2D eigenvalue weighted by atomic mass is 19.1. The molecule has 20 heavy (non-hydrogen) atoms. The topological polar surface area (TPSA) is 45.1 Å². The van der Waals surface area contributed by atoms with Crippen LogP contribution in [0.5, 0.6) is 0 Å². The van der Waals surface area contributed by atoms with Gasteiger partial charge in [0.25, 0.3) is 0 Å². The first-order chi connectivity index (χ1) is 9.31. The van der Waals surface area contributed by atoms with Crippen LogP contribution < -0.4 is 5.01 Å². The Balaban J connectivity index is 2.26. The molecular weight excluding hydrogens is 261 g/mol. The molecule has 0 N–H and O–H groups in total. The number of hydrogen-bond acceptors (Lipinski definition) is 4. The van der Waals surface area contributed by atoms with Crippen molar-refractivity contribution in [2.24, 2.45) is 10.5 Å². The third kappa shape index (κ3) is 2.74. The molecule has 0 unspecified atom stereocenters. The minimum atomic E-state index is -0.493. The van der Waals surface area contributed by atoms with Crippen LogP contribution in [0.1, 0.15) is 13.8 Å². The Kier molecular flexibility index (Phi) is 3.65. The van der Waals surface area contributed by atoms with Gasteiger partial charge >= 0.3 is 6.09 Å². The highest BCUT2D eigenvalue weighted by Gasteiger charge is 2.38. The number of para-hydroxylation sites is 1. The van der Waals surface area contributed by atoms with E-state index in [4.69, 9.17) is 4.74 Å². The van der Waals surface area contributed by atoms with E-state index < -0.39 is 11.5 Å². The average Bonchev–Trinajstić information content (AvgIpc) is 2.65. The highest BCUT2D eigenvalue weighted by Crippen LogP contribution is 2.32. The fraction of sp³-hybridized carbons (Fsp3) is 0.429. The van der Waals surface area contributed by atoms with Gasteiger partial charge in [-0.3, -0.25) is 5.01 Å². The smallest absolute Gasteiger partial charge is 0.393 e. The van der Waals surface area contributed by atoms with Gasteiger partial charge in [0.2, 0.25) is 5.90 Å². The molecule has 0 aromatic heterocycles. The maximum Gasteiger partial charge on any atom is 0.415 e. The van der Waals surface area contributed by atoms with Gasteiger partial charge < -0.3 is 9.64 Å². The molecule has 0 aliphatic carbocycles. The number of benzene rings is 1. The van der Waals surface area contributed by atoms with Crippen molar-refractivity contribution in [2.45, 2.75) is 13.8 Å². The average molecular weight is 279 g/mol. The Morgan fingerprint density at radius 3 is 2.65 bits per heavy atom. The first kappa shape index (κ1) is 14.3. The maximum atomic E-state index is 13.8. The Hall–Kier alpha value is -2.11. The van der Waals surface area contributed by atoms with E-state index in [1.807, 2.05) is 13.8 Å². The molecule has 2 rings (SSSR count). The monoisotopic (exact) mass is 279 g/mol. The minimum Gasteiger partial charge on any atom is -0.393 e. The second-order valence-electron chi connectivity index (χ2n) is 5.56. The van der Waals surface area contributed by atoms with E-state index in [1.54, 1.807) is 32.3 Å². The highest BCUT2D eigenvalue weighted by molar-refractivity contribution is 5.94.